The van der Waals surface area contributed by atoms with Crippen LogP contribution in [0.25, 0.3) is 11.3 Å². The molecule has 0 unspecified atom stereocenters. The van der Waals surface area contributed by atoms with Gasteiger partial charge in [-0.1, -0.05) is 22.9 Å². The highest BCUT2D eigenvalue weighted by Gasteiger charge is 2.18. The van der Waals surface area contributed by atoms with Crippen LogP contribution >= 0.6 is 22.9 Å². The van der Waals surface area contributed by atoms with Crippen LogP contribution in [0.3, 0.4) is 0 Å². The number of nitrogens with one attached hydrogen (secondary N) is 2. The fourth-order valence-corrected chi connectivity index (χ4v) is 3.71. The minimum Gasteiger partial charge on any atom is -0.326 e. The molecule has 0 radical (unpaired) electrons. The average molecular weight is 373 g/mol. The van der Waals surface area contributed by atoms with Gasteiger partial charge in [0.05, 0.1) is 6.54 Å². The van der Waals surface area contributed by atoms with E-state index in [4.69, 9.17) is 11.6 Å². The molecule has 1 aromatic heterocycles. The number of nitrogens with zero attached hydrogens (tertiary/aromatic N) is 1. The molecule has 0 fully saturated rings. The number of anilines is 3. The molecule has 1 heterocycles. The van der Waals surface area contributed by atoms with Crippen molar-refractivity contribution in [3.63, 3.8) is 0 Å². The molecule has 0 aliphatic rings. The van der Waals surface area contributed by atoms with Crippen LogP contribution in [0.1, 0.15) is 13.8 Å². The molecule has 2 aromatic carbocycles. The lowest BCUT2D eigenvalue weighted by molar-refractivity contribution is -0.664. The lowest BCUT2D eigenvalue weighted by Crippen LogP contribution is -2.34. The van der Waals surface area contributed by atoms with E-state index in [0.29, 0.717) is 0 Å². The van der Waals surface area contributed by atoms with Gasteiger partial charge >= 0.3 is 5.13 Å². The second kappa shape index (κ2) is 7.68. The number of carbonyl (C=O) groups is 1. The Hall–Kier alpha value is -2.37. The van der Waals surface area contributed by atoms with Crippen LogP contribution in [0.4, 0.5) is 16.5 Å². The first-order valence-electron chi connectivity index (χ1n) is 7.98. The van der Waals surface area contributed by atoms with E-state index in [2.05, 4.69) is 27.5 Å². The van der Waals surface area contributed by atoms with Crippen LogP contribution in [0.2, 0.25) is 5.02 Å². The zero-order valence-electron chi connectivity index (χ0n) is 14.0. The maximum Gasteiger partial charge on any atom is 0.339 e. The Morgan fingerprint density at radius 2 is 1.72 bits per heavy atom. The minimum absolute atomic E-state index is 0.0737. The molecule has 128 valence electrons. The summed E-state index contributed by atoms with van der Waals surface area (Å²) in [5, 5.41) is 10.1. The average Bonchev–Trinajstić information content (AvgIpc) is 2.99. The van der Waals surface area contributed by atoms with E-state index in [1.807, 2.05) is 48.5 Å². The quantitative estimate of drug-likeness (QED) is 0.613. The lowest BCUT2D eigenvalue weighted by Gasteiger charge is -2.05. The number of hydrogen-bond acceptors (Lipinski definition) is 3. The fraction of sp³-hybridized carbons (Fsp3) is 0.158. The summed E-state index contributed by atoms with van der Waals surface area (Å²) in [5.74, 6) is -0.0737. The number of benzene rings is 2. The van der Waals surface area contributed by atoms with Crippen LogP contribution < -0.4 is 15.2 Å². The second-order valence-electron chi connectivity index (χ2n) is 5.56. The van der Waals surface area contributed by atoms with Crippen LogP contribution in [0, 0.1) is 0 Å². The van der Waals surface area contributed by atoms with Crippen LogP contribution in [-0.2, 0) is 11.3 Å². The van der Waals surface area contributed by atoms with E-state index < -0.39 is 0 Å². The minimum atomic E-state index is -0.0737. The van der Waals surface area contributed by atoms with Gasteiger partial charge in [0.15, 0.2) is 0 Å². The molecular formula is C19H19ClN3OS+. The first-order chi connectivity index (χ1) is 12.1. The number of aromatic nitrogens is 1. The predicted octanol–water partition coefficient (Wildman–Crippen LogP) is 5.08. The van der Waals surface area contributed by atoms with Gasteiger partial charge in [-0.3, -0.25) is 4.79 Å². The van der Waals surface area contributed by atoms with Crippen LogP contribution in [0.15, 0.2) is 53.9 Å². The Morgan fingerprint density at radius 1 is 1.08 bits per heavy atom. The first-order valence-corrected chi connectivity index (χ1v) is 9.24. The molecule has 0 spiro atoms. The van der Waals surface area contributed by atoms with Crippen molar-refractivity contribution in [2.75, 3.05) is 10.6 Å². The van der Waals surface area contributed by atoms with Gasteiger partial charge in [0.1, 0.15) is 11.4 Å². The van der Waals surface area contributed by atoms with E-state index in [1.54, 1.807) is 11.3 Å². The standard InChI is InChI=1S/C19H18ClN3OS/c1-3-23-18(14-4-6-15(20)7-5-14)12-25-19(23)22-17-10-8-16(9-11-17)21-13(2)24/h4-12H,3H2,1-2H3,(H,21,24)/p+1. The van der Waals surface area contributed by atoms with Gasteiger partial charge in [-0.2, -0.15) is 0 Å². The number of halogens is 1. The summed E-state index contributed by atoms with van der Waals surface area (Å²) >= 11 is 7.65. The highest BCUT2D eigenvalue weighted by Crippen LogP contribution is 2.27. The molecule has 0 aliphatic heterocycles. The van der Waals surface area contributed by atoms with Crippen molar-refractivity contribution in [1.29, 1.82) is 0 Å². The number of hydrogen-bond donors (Lipinski definition) is 2. The smallest absolute Gasteiger partial charge is 0.326 e. The fourth-order valence-electron chi connectivity index (χ4n) is 2.57. The molecule has 25 heavy (non-hydrogen) atoms. The molecule has 1 amide bonds. The molecule has 0 atom stereocenters. The number of amides is 1. The first kappa shape index (κ1) is 17.5. The number of thiazole rings is 1. The van der Waals surface area contributed by atoms with Gasteiger partial charge in [0.2, 0.25) is 5.91 Å². The second-order valence-corrected chi connectivity index (χ2v) is 6.86. The van der Waals surface area contributed by atoms with Gasteiger partial charge < -0.3 is 5.32 Å². The third kappa shape index (κ3) is 4.18. The molecule has 2 N–H and O–H groups in total. The number of carbonyl (C=O) groups excluding carboxylic acids is 1. The zero-order chi connectivity index (χ0) is 17.8. The summed E-state index contributed by atoms with van der Waals surface area (Å²) in [6.45, 7) is 4.48. The van der Waals surface area contributed by atoms with Crippen LogP contribution in [-0.4, -0.2) is 5.91 Å². The molecule has 4 nitrogen and oxygen atoms in total. The van der Waals surface area contributed by atoms with E-state index in [-0.39, 0.29) is 5.91 Å². The third-order valence-corrected chi connectivity index (χ3v) is 4.87. The van der Waals surface area contributed by atoms with Gasteiger partial charge in [-0.15, -0.1) is 0 Å². The maximum atomic E-state index is 11.1. The zero-order valence-corrected chi connectivity index (χ0v) is 15.6. The van der Waals surface area contributed by atoms with Crippen molar-refractivity contribution in [2.24, 2.45) is 0 Å². The molecule has 6 heteroatoms. The summed E-state index contributed by atoms with van der Waals surface area (Å²) < 4.78 is 2.23. The van der Waals surface area contributed by atoms with E-state index in [1.165, 1.54) is 6.92 Å². The topological polar surface area (TPSA) is 45.0 Å². The van der Waals surface area contributed by atoms with Gasteiger partial charge in [0.25, 0.3) is 0 Å². The summed E-state index contributed by atoms with van der Waals surface area (Å²) in [6.07, 6.45) is 0. The summed E-state index contributed by atoms with van der Waals surface area (Å²) in [7, 11) is 0. The highest BCUT2D eigenvalue weighted by atomic mass is 35.5. The van der Waals surface area contributed by atoms with E-state index in [9.17, 15) is 4.79 Å². The summed E-state index contributed by atoms with van der Waals surface area (Å²) in [6, 6.07) is 15.5. The molecular weight excluding hydrogens is 354 g/mol. The largest absolute Gasteiger partial charge is 0.339 e. The van der Waals surface area contributed by atoms with Gasteiger partial charge in [-0.25, -0.2) is 9.88 Å². The Balaban J connectivity index is 1.83. The maximum absolute atomic E-state index is 11.1. The van der Waals surface area contributed by atoms with Gasteiger partial charge in [-0.05, 0) is 55.5 Å². The Bertz CT molecular complexity index is 873. The van der Waals surface area contributed by atoms with E-state index in [0.717, 1.165) is 39.3 Å². The van der Waals surface area contributed by atoms with Crippen molar-refractivity contribution in [1.82, 2.24) is 0 Å². The van der Waals surface area contributed by atoms with Crippen LogP contribution in [0.5, 0.6) is 0 Å². The van der Waals surface area contributed by atoms with E-state index >= 15 is 0 Å². The Kier molecular flexibility index (Phi) is 5.36. The van der Waals surface area contributed by atoms with Crippen molar-refractivity contribution in [2.45, 2.75) is 20.4 Å². The SMILES string of the molecule is CC[n+]1c(-c2ccc(Cl)cc2)csc1Nc1ccc(NC(C)=O)cc1. The monoisotopic (exact) mass is 372 g/mol. The van der Waals surface area contributed by atoms with Crippen molar-refractivity contribution < 1.29 is 9.36 Å². The Morgan fingerprint density at radius 3 is 2.32 bits per heavy atom. The molecule has 0 saturated heterocycles. The molecule has 0 saturated carbocycles. The van der Waals surface area contributed by atoms with Crippen molar-refractivity contribution in [3.8, 4) is 11.3 Å². The highest BCUT2D eigenvalue weighted by molar-refractivity contribution is 7.13. The lowest BCUT2D eigenvalue weighted by atomic mass is 10.2. The molecule has 0 aliphatic carbocycles. The van der Waals surface area contributed by atoms with Gasteiger partial charge in [0, 0.05) is 28.6 Å². The summed E-state index contributed by atoms with van der Waals surface area (Å²) in [5.41, 5.74) is 4.05. The molecule has 3 aromatic rings. The Labute approximate surface area is 156 Å². The summed E-state index contributed by atoms with van der Waals surface area (Å²) in [4.78, 5) is 11.1. The normalized spacial score (nSPS) is 10.5. The van der Waals surface area contributed by atoms with Crippen molar-refractivity contribution >= 4 is 45.4 Å². The third-order valence-electron chi connectivity index (χ3n) is 3.73. The molecule has 3 rings (SSSR count). The molecule has 0 bridgehead atoms. The predicted molar refractivity (Wildman–Crippen MR) is 105 cm³/mol. The van der Waals surface area contributed by atoms with Crippen molar-refractivity contribution in [3.05, 3.63) is 58.9 Å². The number of rotatable bonds is 5.